The van der Waals surface area contributed by atoms with Crippen molar-refractivity contribution in [3.63, 3.8) is 0 Å². The second kappa shape index (κ2) is 5.16. The Morgan fingerprint density at radius 2 is 2.19 bits per heavy atom. The Morgan fingerprint density at radius 1 is 1.50 bits per heavy atom. The second-order valence-electron chi connectivity index (χ2n) is 3.18. The second-order valence-corrected chi connectivity index (χ2v) is 3.18. The minimum absolute atomic E-state index is 0.0486. The molecule has 0 spiro atoms. The van der Waals surface area contributed by atoms with Crippen molar-refractivity contribution >= 4 is 11.7 Å². The number of carboxylic acids is 1. The fourth-order valence-corrected chi connectivity index (χ4v) is 1.20. The molecule has 0 aliphatic heterocycles. The van der Waals surface area contributed by atoms with Gasteiger partial charge in [-0.15, -0.1) is 0 Å². The van der Waals surface area contributed by atoms with Gasteiger partial charge < -0.3 is 14.9 Å². The molecule has 0 bridgehead atoms. The third-order valence-electron chi connectivity index (χ3n) is 2.04. The molecule has 0 saturated carbocycles. The summed E-state index contributed by atoms with van der Waals surface area (Å²) in [7, 11) is 1.51. The maximum atomic E-state index is 10.3. The summed E-state index contributed by atoms with van der Waals surface area (Å²) < 4.78 is 5.00. The van der Waals surface area contributed by atoms with Crippen LogP contribution in [0.25, 0.3) is 0 Å². The number of hydrogen-bond acceptors (Lipinski definition) is 4. The minimum atomic E-state index is -1.01. The van der Waals surface area contributed by atoms with E-state index in [-0.39, 0.29) is 12.3 Å². The average Bonchev–Trinajstić information content (AvgIpc) is 2.26. The molecule has 16 heavy (non-hydrogen) atoms. The van der Waals surface area contributed by atoms with Crippen LogP contribution in [0.3, 0.4) is 0 Å². The van der Waals surface area contributed by atoms with Crippen molar-refractivity contribution in [2.24, 2.45) is 4.99 Å². The maximum Gasteiger partial charge on any atom is 0.325 e. The number of phenolic OH excluding ortho intramolecular Hbond substituents is 1. The first-order chi connectivity index (χ1) is 7.54. The molecule has 0 heterocycles. The Hall–Kier alpha value is -2.04. The maximum absolute atomic E-state index is 10.3. The molecular formula is C11H13NO4. The first-order valence-electron chi connectivity index (χ1n) is 4.65. The number of hydrogen-bond donors (Lipinski definition) is 2. The van der Waals surface area contributed by atoms with Crippen LogP contribution in [-0.2, 0) is 4.79 Å². The van der Waals surface area contributed by atoms with Gasteiger partial charge in [-0.2, -0.15) is 0 Å². The molecular weight excluding hydrogens is 210 g/mol. The monoisotopic (exact) mass is 223 g/mol. The van der Waals surface area contributed by atoms with E-state index in [2.05, 4.69) is 4.99 Å². The van der Waals surface area contributed by atoms with E-state index in [0.29, 0.717) is 17.0 Å². The highest BCUT2D eigenvalue weighted by molar-refractivity contribution is 6.02. The number of nitrogens with zero attached hydrogens (tertiary/aromatic N) is 1. The predicted molar refractivity (Wildman–Crippen MR) is 59.4 cm³/mol. The zero-order valence-corrected chi connectivity index (χ0v) is 9.10. The number of aliphatic carboxylic acids is 1. The number of carboxylic acid groups (broad SMARTS) is 1. The molecule has 0 fully saturated rings. The lowest BCUT2D eigenvalue weighted by Crippen LogP contribution is -2.04. The summed E-state index contributed by atoms with van der Waals surface area (Å²) >= 11 is 0. The summed E-state index contributed by atoms with van der Waals surface area (Å²) in [6.07, 6.45) is 0. The number of methoxy groups -OCH3 is 1. The predicted octanol–water partition coefficient (Wildman–Crippen LogP) is 1.29. The molecule has 0 aromatic heterocycles. The summed E-state index contributed by atoms with van der Waals surface area (Å²) in [5.74, 6) is -0.383. The highest BCUT2D eigenvalue weighted by Crippen LogP contribution is 2.23. The molecule has 0 radical (unpaired) electrons. The van der Waals surface area contributed by atoms with Crippen LogP contribution < -0.4 is 4.74 Å². The Balaban J connectivity index is 3.01. The van der Waals surface area contributed by atoms with E-state index in [1.165, 1.54) is 13.2 Å². The first kappa shape index (κ1) is 12.0. The number of aliphatic imine (C=N–C) groups is 1. The number of phenols is 1. The van der Waals surface area contributed by atoms with Gasteiger partial charge in [-0.1, -0.05) is 0 Å². The topological polar surface area (TPSA) is 79.1 Å². The average molecular weight is 223 g/mol. The molecule has 0 unspecified atom stereocenters. The van der Waals surface area contributed by atoms with Crippen molar-refractivity contribution in [1.29, 1.82) is 0 Å². The van der Waals surface area contributed by atoms with E-state index < -0.39 is 5.97 Å². The van der Waals surface area contributed by atoms with Gasteiger partial charge in [-0.25, -0.2) is 0 Å². The third-order valence-corrected chi connectivity index (χ3v) is 2.04. The van der Waals surface area contributed by atoms with Gasteiger partial charge in [-0.05, 0) is 25.1 Å². The van der Waals surface area contributed by atoms with Gasteiger partial charge in [0.15, 0.2) is 0 Å². The Kier molecular flexibility index (Phi) is 3.88. The molecule has 0 amide bonds. The van der Waals surface area contributed by atoms with E-state index in [1.807, 2.05) is 0 Å². The summed E-state index contributed by atoms with van der Waals surface area (Å²) in [5, 5.41) is 18.1. The summed E-state index contributed by atoms with van der Waals surface area (Å²) in [5.41, 5.74) is 0.930. The number of carbonyl (C=O) groups is 1. The quantitative estimate of drug-likeness (QED) is 0.754. The molecule has 5 nitrogen and oxygen atoms in total. The van der Waals surface area contributed by atoms with Gasteiger partial charge in [-0.3, -0.25) is 9.79 Å². The first-order valence-corrected chi connectivity index (χ1v) is 4.65. The van der Waals surface area contributed by atoms with Gasteiger partial charge >= 0.3 is 5.97 Å². The summed E-state index contributed by atoms with van der Waals surface area (Å²) in [4.78, 5) is 14.2. The van der Waals surface area contributed by atoms with Crippen LogP contribution in [0.1, 0.15) is 12.5 Å². The van der Waals surface area contributed by atoms with E-state index in [0.717, 1.165) is 0 Å². The van der Waals surface area contributed by atoms with Gasteiger partial charge in [0.2, 0.25) is 0 Å². The van der Waals surface area contributed by atoms with Crippen LogP contribution >= 0.6 is 0 Å². The van der Waals surface area contributed by atoms with E-state index >= 15 is 0 Å². The van der Waals surface area contributed by atoms with Crippen LogP contribution in [0.2, 0.25) is 0 Å². The number of benzene rings is 1. The van der Waals surface area contributed by atoms with Crippen LogP contribution in [0, 0.1) is 0 Å². The Labute approximate surface area is 93.0 Å². The highest BCUT2D eigenvalue weighted by Gasteiger charge is 2.06. The molecule has 0 aliphatic rings. The fourth-order valence-electron chi connectivity index (χ4n) is 1.20. The van der Waals surface area contributed by atoms with Gasteiger partial charge in [0, 0.05) is 11.3 Å². The van der Waals surface area contributed by atoms with Crippen molar-refractivity contribution in [2.45, 2.75) is 6.92 Å². The smallest absolute Gasteiger partial charge is 0.325 e. The number of ether oxygens (including phenoxy) is 1. The van der Waals surface area contributed by atoms with Crippen molar-refractivity contribution < 1.29 is 19.7 Å². The zero-order chi connectivity index (χ0) is 12.1. The number of aromatic hydroxyl groups is 1. The molecule has 1 aromatic rings. The zero-order valence-electron chi connectivity index (χ0n) is 9.10. The largest absolute Gasteiger partial charge is 0.507 e. The Morgan fingerprint density at radius 3 is 2.75 bits per heavy atom. The minimum Gasteiger partial charge on any atom is -0.507 e. The molecule has 0 atom stereocenters. The van der Waals surface area contributed by atoms with Gasteiger partial charge in [0.25, 0.3) is 0 Å². The van der Waals surface area contributed by atoms with E-state index in [4.69, 9.17) is 9.84 Å². The molecule has 0 aliphatic carbocycles. The lowest BCUT2D eigenvalue weighted by atomic mass is 10.1. The molecule has 2 N–H and O–H groups in total. The van der Waals surface area contributed by atoms with Gasteiger partial charge in [0.1, 0.15) is 18.0 Å². The molecule has 0 saturated heterocycles. The summed E-state index contributed by atoms with van der Waals surface area (Å²) in [6.45, 7) is 1.32. The fraction of sp³-hybridized carbons (Fsp3) is 0.273. The molecule has 5 heteroatoms. The molecule has 1 rings (SSSR count). The Bertz CT molecular complexity index is 426. The molecule has 86 valence electrons. The lowest BCUT2D eigenvalue weighted by Gasteiger charge is -2.06. The van der Waals surface area contributed by atoms with Crippen LogP contribution in [0.4, 0.5) is 0 Å². The number of rotatable bonds is 4. The third kappa shape index (κ3) is 2.98. The van der Waals surface area contributed by atoms with Crippen LogP contribution in [0.15, 0.2) is 23.2 Å². The SMILES string of the molecule is COc1ccc(O)c(C(C)=NCC(=O)O)c1. The molecule has 1 aromatic carbocycles. The van der Waals surface area contributed by atoms with Crippen LogP contribution in [-0.4, -0.2) is 35.5 Å². The van der Waals surface area contributed by atoms with Crippen molar-refractivity contribution in [2.75, 3.05) is 13.7 Å². The standard InChI is InChI=1S/C11H13NO4/c1-7(12-6-11(14)15)9-5-8(16-2)3-4-10(9)13/h3-5,13H,6H2,1-2H3,(H,14,15). The lowest BCUT2D eigenvalue weighted by molar-refractivity contribution is -0.135. The van der Waals surface area contributed by atoms with E-state index in [9.17, 15) is 9.90 Å². The highest BCUT2D eigenvalue weighted by atomic mass is 16.5. The van der Waals surface area contributed by atoms with Crippen molar-refractivity contribution in [3.8, 4) is 11.5 Å². The van der Waals surface area contributed by atoms with E-state index in [1.54, 1.807) is 19.1 Å². The van der Waals surface area contributed by atoms with Crippen LogP contribution in [0.5, 0.6) is 11.5 Å². The normalized spacial score (nSPS) is 11.2. The van der Waals surface area contributed by atoms with Gasteiger partial charge in [0.05, 0.1) is 7.11 Å². The summed E-state index contributed by atoms with van der Waals surface area (Å²) in [6, 6.07) is 4.70. The van der Waals surface area contributed by atoms with Crippen molar-refractivity contribution in [1.82, 2.24) is 0 Å². The van der Waals surface area contributed by atoms with Crippen molar-refractivity contribution in [3.05, 3.63) is 23.8 Å².